The van der Waals surface area contributed by atoms with Gasteiger partial charge in [0.15, 0.2) is 0 Å². The Kier molecular flexibility index (Phi) is 4.63. The zero-order valence-electron chi connectivity index (χ0n) is 15.2. The van der Waals surface area contributed by atoms with Crippen LogP contribution in [0.5, 0.6) is 5.88 Å². The van der Waals surface area contributed by atoms with Gasteiger partial charge in [-0.25, -0.2) is 4.98 Å². The molecule has 138 valence electrons. The van der Waals surface area contributed by atoms with Crippen LogP contribution in [0, 0.1) is 5.92 Å². The maximum Gasteiger partial charge on any atom is 0.233 e. The van der Waals surface area contributed by atoms with Crippen molar-refractivity contribution in [3.63, 3.8) is 0 Å². The van der Waals surface area contributed by atoms with Crippen molar-refractivity contribution in [2.45, 2.75) is 57.4 Å². The van der Waals surface area contributed by atoms with E-state index in [1.54, 1.807) is 0 Å². The summed E-state index contributed by atoms with van der Waals surface area (Å²) in [5.74, 6) is 2.11. The first kappa shape index (κ1) is 16.6. The Morgan fingerprint density at radius 1 is 1.12 bits per heavy atom. The fourth-order valence-electron chi connectivity index (χ4n) is 4.04. The van der Waals surface area contributed by atoms with Crippen molar-refractivity contribution in [3.05, 3.63) is 33.4 Å². The molecule has 0 aromatic carbocycles. The van der Waals surface area contributed by atoms with Gasteiger partial charge in [0.25, 0.3) is 0 Å². The van der Waals surface area contributed by atoms with E-state index in [0.29, 0.717) is 11.8 Å². The Hall–Kier alpha value is -1.53. The quantitative estimate of drug-likeness (QED) is 0.778. The molecule has 0 spiro atoms. The average molecular weight is 371 g/mol. The molecule has 0 radical (unpaired) electrons. The van der Waals surface area contributed by atoms with Crippen molar-refractivity contribution >= 4 is 11.3 Å². The van der Waals surface area contributed by atoms with Crippen molar-refractivity contribution in [1.82, 2.24) is 20.1 Å². The van der Waals surface area contributed by atoms with Gasteiger partial charge >= 0.3 is 0 Å². The Balaban J connectivity index is 1.08. The summed E-state index contributed by atoms with van der Waals surface area (Å²) in [6, 6.07) is 2.10. The minimum atomic E-state index is 0.624. The minimum Gasteiger partial charge on any atom is -0.476 e. The molecule has 1 saturated heterocycles. The smallest absolute Gasteiger partial charge is 0.233 e. The summed E-state index contributed by atoms with van der Waals surface area (Å²) in [7, 11) is 0. The molecule has 26 heavy (non-hydrogen) atoms. The number of hydrogen-bond acceptors (Lipinski definition) is 6. The van der Waals surface area contributed by atoms with E-state index >= 15 is 0 Å². The second kappa shape index (κ2) is 7.24. The molecule has 5 nitrogen and oxygen atoms in total. The second-order valence-corrected chi connectivity index (χ2v) is 8.88. The van der Waals surface area contributed by atoms with E-state index < -0.39 is 0 Å². The van der Waals surface area contributed by atoms with Crippen molar-refractivity contribution in [2.75, 3.05) is 19.7 Å². The predicted molar refractivity (Wildman–Crippen MR) is 102 cm³/mol. The third-order valence-corrected chi connectivity index (χ3v) is 6.91. The van der Waals surface area contributed by atoms with Gasteiger partial charge in [-0.1, -0.05) is 0 Å². The van der Waals surface area contributed by atoms with E-state index in [-0.39, 0.29) is 0 Å². The van der Waals surface area contributed by atoms with Crippen LogP contribution < -0.4 is 4.74 Å². The SMILES string of the molecule is c1sc(C2CC2)nc1CN1CCC(COc2cc3c(nn2)CCC3)CC1. The second-order valence-electron chi connectivity index (χ2n) is 7.99. The zero-order valence-corrected chi connectivity index (χ0v) is 16.0. The number of fused-ring (bicyclic) bond motifs is 1. The molecular formula is C20H26N4OS. The molecule has 6 heteroatoms. The lowest BCUT2D eigenvalue weighted by Crippen LogP contribution is -2.35. The number of piperidine rings is 1. The highest BCUT2D eigenvalue weighted by Crippen LogP contribution is 2.41. The highest BCUT2D eigenvalue weighted by molar-refractivity contribution is 7.09. The van der Waals surface area contributed by atoms with Crippen LogP contribution in [0.2, 0.25) is 0 Å². The molecule has 2 aliphatic carbocycles. The average Bonchev–Trinajstić information content (AvgIpc) is 3.23. The van der Waals surface area contributed by atoms with Gasteiger partial charge < -0.3 is 4.74 Å². The first-order chi connectivity index (χ1) is 12.8. The number of aromatic nitrogens is 3. The predicted octanol–water partition coefficient (Wildman–Crippen LogP) is 3.59. The van der Waals surface area contributed by atoms with Crippen molar-refractivity contribution in [1.29, 1.82) is 0 Å². The van der Waals surface area contributed by atoms with Crippen molar-refractivity contribution in [2.24, 2.45) is 5.92 Å². The van der Waals surface area contributed by atoms with Gasteiger partial charge in [-0.05, 0) is 69.5 Å². The Morgan fingerprint density at radius 2 is 2.00 bits per heavy atom. The Labute approximate surface area is 158 Å². The zero-order chi connectivity index (χ0) is 17.3. The van der Waals surface area contributed by atoms with Crippen LogP contribution in [-0.4, -0.2) is 39.8 Å². The molecule has 5 rings (SSSR count). The number of ether oxygens (including phenoxy) is 1. The van der Waals surface area contributed by atoms with E-state index in [4.69, 9.17) is 9.72 Å². The number of hydrogen-bond donors (Lipinski definition) is 0. The molecule has 0 N–H and O–H groups in total. The number of thiazole rings is 1. The number of nitrogens with zero attached hydrogens (tertiary/aromatic N) is 4. The molecular weight excluding hydrogens is 344 g/mol. The third-order valence-electron chi connectivity index (χ3n) is 5.85. The van der Waals surface area contributed by atoms with Crippen LogP contribution in [-0.2, 0) is 19.4 Å². The highest BCUT2D eigenvalue weighted by atomic mass is 32.1. The lowest BCUT2D eigenvalue weighted by molar-refractivity contribution is 0.133. The Morgan fingerprint density at radius 3 is 2.85 bits per heavy atom. The summed E-state index contributed by atoms with van der Waals surface area (Å²) in [5.41, 5.74) is 3.76. The standard InChI is InChI=1S/C20H26N4OS/c1-2-16-10-19(23-22-18(16)3-1)25-12-14-6-8-24(9-7-14)11-17-13-26-20(21-17)15-4-5-15/h10,13-15H,1-9,11-12H2. The van der Waals surface area contributed by atoms with Gasteiger partial charge in [0, 0.05) is 23.9 Å². The lowest BCUT2D eigenvalue weighted by atomic mass is 9.98. The van der Waals surface area contributed by atoms with Gasteiger partial charge in [-0.15, -0.1) is 16.4 Å². The fraction of sp³-hybridized carbons (Fsp3) is 0.650. The topological polar surface area (TPSA) is 51.1 Å². The van der Waals surface area contributed by atoms with E-state index in [9.17, 15) is 0 Å². The number of likely N-dealkylation sites (tertiary alicyclic amines) is 1. The van der Waals surface area contributed by atoms with Crippen LogP contribution in [0.4, 0.5) is 0 Å². The molecule has 1 aliphatic heterocycles. The maximum atomic E-state index is 5.96. The number of rotatable bonds is 6. The van der Waals surface area contributed by atoms with Gasteiger partial charge in [0.05, 0.1) is 23.0 Å². The molecule has 0 atom stereocenters. The first-order valence-corrected chi connectivity index (χ1v) is 10.9. The molecule has 3 aliphatic rings. The monoisotopic (exact) mass is 370 g/mol. The third kappa shape index (κ3) is 3.76. The molecule has 2 fully saturated rings. The number of aryl methyl sites for hydroxylation is 2. The summed E-state index contributed by atoms with van der Waals surface area (Å²) in [4.78, 5) is 7.37. The van der Waals surface area contributed by atoms with Crippen LogP contribution in [0.3, 0.4) is 0 Å². The normalized spacial score (nSPS) is 21.1. The van der Waals surface area contributed by atoms with Crippen LogP contribution in [0.25, 0.3) is 0 Å². The molecule has 0 unspecified atom stereocenters. The fourth-order valence-corrected chi connectivity index (χ4v) is 5.02. The molecule has 2 aromatic heterocycles. The summed E-state index contributed by atoms with van der Waals surface area (Å²) in [6.45, 7) is 4.05. The minimum absolute atomic E-state index is 0.624. The Bertz CT molecular complexity index is 765. The molecule has 0 bridgehead atoms. The van der Waals surface area contributed by atoms with E-state index in [1.807, 2.05) is 11.3 Å². The summed E-state index contributed by atoms with van der Waals surface area (Å²) >= 11 is 1.85. The van der Waals surface area contributed by atoms with E-state index in [1.165, 1.54) is 48.4 Å². The first-order valence-electron chi connectivity index (χ1n) is 9.98. The van der Waals surface area contributed by atoms with Gasteiger partial charge in [-0.3, -0.25) is 4.90 Å². The van der Waals surface area contributed by atoms with E-state index in [2.05, 4.69) is 26.5 Å². The van der Waals surface area contributed by atoms with Crippen molar-refractivity contribution in [3.8, 4) is 5.88 Å². The van der Waals surface area contributed by atoms with Gasteiger partial charge in [-0.2, -0.15) is 5.10 Å². The summed E-state index contributed by atoms with van der Waals surface area (Å²) < 4.78 is 5.96. The van der Waals surface area contributed by atoms with Crippen molar-refractivity contribution < 1.29 is 4.74 Å². The maximum absolute atomic E-state index is 5.96. The highest BCUT2D eigenvalue weighted by Gasteiger charge is 2.27. The summed E-state index contributed by atoms with van der Waals surface area (Å²) in [6.07, 6.45) is 8.46. The largest absolute Gasteiger partial charge is 0.476 e. The van der Waals surface area contributed by atoms with Crippen LogP contribution in [0.1, 0.15) is 60.0 Å². The molecule has 3 heterocycles. The molecule has 0 amide bonds. The van der Waals surface area contributed by atoms with Crippen LogP contribution in [0.15, 0.2) is 11.4 Å². The van der Waals surface area contributed by atoms with Gasteiger partial charge in [0.2, 0.25) is 5.88 Å². The van der Waals surface area contributed by atoms with Crippen LogP contribution >= 0.6 is 11.3 Å². The van der Waals surface area contributed by atoms with Gasteiger partial charge in [0.1, 0.15) is 0 Å². The molecule has 1 saturated carbocycles. The lowest BCUT2D eigenvalue weighted by Gasteiger charge is -2.31. The molecule has 2 aromatic rings. The van der Waals surface area contributed by atoms with E-state index in [0.717, 1.165) is 50.7 Å². The summed E-state index contributed by atoms with van der Waals surface area (Å²) in [5, 5.41) is 12.2.